The lowest BCUT2D eigenvalue weighted by molar-refractivity contribution is -0.118. The lowest BCUT2D eigenvalue weighted by Gasteiger charge is -2.20. The van der Waals surface area contributed by atoms with Gasteiger partial charge < -0.3 is 0 Å². The fourth-order valence-electron chi connectivity index (χ4n) is 1.59. The number of hydrogen-bond acceptors (Lipinski definition) is 6. The molecule has 0 radical (unpaired) electrons. The Hall–Kier alpha value is -1.78. The summed E-state index contributed by atoms with van der Waals surface area (Å²) in [4.78, 5) is 15.9. The third-order valence-electron chi connectivity index (χ3n) is 2.65. The summed E-state index contributed by atoms with van der Waals surface area (Å²) in [5, 5.41) is 10.2. The number of nitrogens with one attached hydrogen (secondary N) is 3. The Morgan fingerprint density at radius 3 is 2.71 bits per heavy atom. The summed E-state index contributed by atoms with van der Waals surface area (Å²) in [6.45, 7) is 3.50. The number of rotatable bonds is 6. The Morgan fingerprint density at radius 1 is 1.43 bits per heavy atom. The predicted octanol–water partition coefficient (Wildman–Crippen LogP) is 0.808. The van der Waals surface area contributed by atoms with E-state index in [1.807, 2.05) is 0 Å². The first-order valence-corrected chi connectivity index (χ1v) is 8.48. The minimum Gasteiger partial charge on any atom is -0.294 e. The quantitative estimate of drug-likeness (QED) is 0.725. The average molecular weight is 329 g/mol. The van der Waals surface area contributed by atoms with Crippen molar-refractivity contribution >= 4 is 33.2 Å². The van der Waals surface area contributed by atoms with Gasteiger partial charge in [-0.2, -0.15) is 14.8 Å². The maximum atomic E-state index is 12.2. The van der Waals surface area contributed by atoms with Gasteiger partial charge in [0.15, 0.2) is 0 Å². The summed E-state index contributed by atoms with van der Waals surface area (Å²) in [5.41, 5.74) is 0. The van der Waals surface area contributed by atoms with E-state index in [0.717, 1.165) is 11.3 Å². The zero-order valence-electron chi connectivity index (χ0n) is 11.4. The molecule has 2 rings (SSSR count). The normalized spacial score (nSPS) is 13.3. The van der Waals surface area contributed by atoms with E-state index >= 15 is 0 Å². The molecule has 10 heteroatoms. The second-order valence-electron chi connectivity index (χ2n) is 4.60. The third kappa shape index (κ3) is 3.86. The second-order valence-corrected chi connectivity index (χ2v) is 7.49. The first-order chi connectivity index (χ1) is 9.90. The molecule has 0 aliphatic rings. The van der Waals surface area contributed by atoms with Gasteiger partial charge in [-0.3, -0.25) is 10.1 Å². The second kappa shape index (κ2) is 6.33. The van der Waals surface area contributed by atoms with Crippen LogP contribution < -0.4 is 10.0 Å². The molecule has 1 atom stereocenters. The van der Waals surface area contributed by atoms with Crippen molar-refractivity contribution in [2.75, 3.05) is 5.32 Å². The number of nitrogens with zero attached hydrogens (tertiary/aromatic N) is 2. The molecule has 0 aromatic carbocycles. The molecule has 2 aromatic heterocycles. The first-order valence-electron chi connectivity index (χ1n) is 6.12. The molecule has 0 aliphatic carbocycles. The summed E-state index contributed by atoms with van der Waals surface area (Å²) >= 11 is 1.09. The van der Waals surface area contributed by atoms with Gasteiger partial charge in [0, 0.05) is 0 Å². The van der Waals surface area contributed by atoms with Gasteiger partial charge in [-0.05, 0) is 17.4 Å². The monoisotopic (exact) mass is 329 g/mol. The molecule has 0 bridgehead atoms. The van der Waals surface area contributed by atoms with Gasteiger partial charge in [0.25, 0.3) is 10.0 Å². The van der Waals surface area contributed by atoms with Crippen molar-refractivity contribution in [2.24, 2.45) is 5.92 Å². The number of aromatic nitrogens is 3. The molecule has 0 saturated carbocycles. The first kappa shape index (κ1) is 15.6. The summed E-state index contributed by atoms with van der Waals surface area (Å²) < 4.78 is 27.0. The van der Waals surface area contributed by atoms with E-state index in [2.05, 4.69) is 25.2 Å². The van der Waals surface area contributed by atoms with E-state index in [0.29, 0.717) is 0 Å². The van der Waals surface area contributed by atoms with E-state index in [1.165, 1.54) is 12.4 Å². The highest BCUT2D eigenvalue weighted by Gasteiger charge is 2.29. The maximum Gasteiger partial charge on any atom is 0.250 e. The molecule has 21 heavy (non-hydrogen) atoms. The highest BCUT2D eigenvalue weighted by atomic mass is 32.2. The number of hydrogen-bond donors (Lipinski definition) is 3. The van der Waals surface area contributed by atoms with Gasteiger partial charge >= 0.3 is 0 Å². The molecule has 0 saturated heterocycles. The Morgan fingerprint density at radius 2 is 2.19 bits per heavy atom. The molecule has 1 unspecified atom stereocenters. The number of carbonyl (C=O) groups excluding carboxylic acids is 1. The highest BCUT2D eigenvalue weighted by molar-refractivity contribution is 7.91. The Kier molecular flexibility index (Phi) is 4.70. The Balaban J connectivity index is 2.14. The highest BCUT2D eigenvalue weighted by Crippen LogP contribution is 2.17. The molecular weight excluding hydrogens is 314 g/mol. The van der Waals surface area contributed by atoms with Crippen LogP contribution in [0.2, 0.25) is 0 Å². The molecule has 0 fully saturated rings. The lowest BCUT2D eigenvalue weighted by atomic mass is 10.1. The average Bonchev–Trinajstić information content (AvgIpc) is 3.08. The Bertz CT molecular complexity index is 680. The van der Waals surface area contributed by atoms with Crippen LogP contribution in [0.3, 0.4) is 0 Å². The van der Waals surface area contributed by atoms with E-state index in [-0.39, 0.29) is 16.1 Å². The van der Waals surface area contributed by atoms with Crippen LogP contribution in [0, 0.1) is 5.92 Å². The standard InChI is InChI=1S/C11H15N5O3S2/c1-7(2)9(10(17)14-11-12-6-13-15-11)16-21(18,19)8-4-3-5-20-8/h3-7,9,16H,1-2H3,(H2,12,13,14,15,17). The predicted molar refractivity (Wildman–Crippen MR) is 78.3 cm³/mol. The number of H-pyrrole nitrogens is 1. The van der Waals surface area contributed by atoms with E-state index in [4.69, 9.17) is 0 Å². The van der Waals surface area contributed by atoms with Crippen molar-refractivity contribution in [1.82, 2.24) is 19.9 Å². The van der Waals surface area contributed by atoms with Crippen LogP contribution in [0.4, 0.5) is 5.95 Å². The van der Waals surface area contributed by atoms with E-state index < -0.39 is 22.0 Å². The van der Waals surface area contributed by atoms with Crippen LogP contribution in [0.1, 0.15) is 13.8 Å². The van der Waals surface area contributed by atoms with Gasteiger partial charge in [0.2, 0.25) is 11.9 Å². The van der Waals surface area contributed by atoms with Gasteiger partial charge in [0.05, 0.1) is 0 Å². The maximum absolute atomic E-state index is 12.2. The minimum absolute atomic E-state index is 0.167. The number of anilines is 1. The molecule has 114 valence electrons. The molecule has 3 N–H and O–H groups in total. The zero-order valence-corrected chi connectivity index (χ0v) is 13.0. The lowest BCUT2D eigenvalue weighted by Crippen LogP contribution is -2.46. The van der Waals surface area contributed by atoms with Crippen molar-refractivity contribution in [3.8, 4) is 0 Å². The smallest absolute Gasteiger partial charge is 0.250 e. The van der Waals surface area contributed by atoms with Crippen LogP contribution >= 0.6 is 11.3 Å². The van der Waals surface area contributed by atoms with Crippen molar-refractivity contribution < 1.29 is 13.2 Å². The SMILES string of the molecule is CC(C)C(NS(=O)(=O)c1cccs1)C(=O)Nc1ncn[nH]1. The van der Waals surface area contributed by atoms with Crippen molar-refractivity contribution in [1.29, 1.82) is 0 Å². The topological polar surface area (TPSA) is 117 Å². The van der Waals surface area contributed by atoms with Crippen LogP contribution in [0.5, 0.6) is 0 Å². The largest absolute Gasteiger partial charge is 0.294 e. The van der Waals surface area contributed by atoms with E-state index in [9.17, 15) is 13.2 Å². The number of thiophene rings is 1. The van der Waals surface area contributed by atoms with Crippen molar-refractivity contribution in [3.63, 3.8) is 0 Å². The van der Waals surface area contributed by atoms with Crippen LogP contribution in [-0.4, -0.2) is 35.5 Å². The Labute approximate surface area is 126 Å². The van der Waals surface area contributed by atoms with Crippen molar-refractivity contribution in [3.05, 3.63) is 23.8 Å². The summed E-state index contributed by atoms with van der Waals surface area (Å²) in [6, 6.07) is 2.21. The van der Waals surface area contributed by atoms with Crippen molar-refractivity contribution in [2.45, 2.75) is 24.1 Å². The molecule has 0 spiro atoms. The fraction of sp³-hybridized carbons (Fsp3) is 0.364. The summed E-state index contributed by atoms with van der Waals surface area (Å²) in [7, 11) is -3.72. The van der Waals surface area contributed by atoms with Crippen LogP contribution in [0.25, 0.3) is 0 Å². The van der Waals surface area contributed by atoms with Gasteiger partial charge in [-0.15, -0.1) is 11.3 Å². The number of amides is 1. The summed E-state index contributed by atoms with van der Waals surface area (Å²) in [5.74, 6) is -0.564. The van der Waals surface area contributed by atoms with E-state index in [1.54, 1.807) is 25.3 Å². The molecular formula is C11H15N5O3S2. The third-order valence-corrected chi connectivity index (χ3v) is 5.49. The molecule has 2 aromatic rings. The van der Waals surface area contributed by atoms with Gasteiger partial charge in [0.1, 0.15) is 16.6 Å². The number of sulfonamides is 1. The minimum atomic E-state index is -3.72. The molecule has 2 heterocycles. The number of aromatic amines is 1. The number of carbonyl (C=O) groups is 1. The van der Waals surface area contributed by atoms with Crippen LogP contribution in [-0.2, 0) is 14.8 Å². The van der Waals surface area contributed by atoms with Gasteiger partial charge in [-0.1, -0.05) is 19.9 Å². The van der Waals surface area contributed by atoms with Gasteiger partial charge in [-0.25, -0.2) is 13.5 Å². The zero-order chi connectivity index (χ0) is 15.5. The summed E-state index contributed by atoms with van der Waals surface area (Å²) in [6.07, 6.45) is 1.25. The molecule has 1 amide bonds. The fourth-order valence-corrected chi connectivity index (χ4v) is 3.95. The molecule has 0 aliphatic heterocycles. The van der Waals surface area contributed by atoms with Crippen LogP contribution in [0.15, 0.2) is 28.0 Å². The molecule has 8 nitrogen and oxygen atoms in total.